The van der Waals surface area contributed by atoms with Gasteiger partial charge in [-0.15, -0.1) is 0 Å². The first kappa shape index (κ1) is 30.3. The first-order valence-electron chi connectivity index (χ1n) is 13.2. The average Bonchev–Trinajstić information content (AvgIpc) is 2.96. The summed E-state index contributed by atoms with van der Waals surface area (Å²) in [5.41, 5.74) is 2.78. The van der Waals surface area contributed by atoms with E-state index < -0.39 is 17.6 Å². The molecule has 2 heterocycles. The van der Waals surface area contributed by atoms with Crippen molar-refractivity contribution in [2.75, 3.05) is 62.1 Å². The summed E-state index contributed by atoms with van der Waals surface area (Å²) < 4.78 is 40.7. The first-order chi connectivity index (χ1) is 20.0. The second-order valence-corrected chi connectivity index (χ2v) is 10.0. The maximum atomic E-state index is 13.6. The standard InChI is InChI=1S/C30H33F3N8O/c1-19-8-9-20(15-23(19)38-28-22(7-6-12-35-28)24-17-27(34-2)37-18-36-24)29(42)39-25-16-21(30(31,32)33)10-11-26(25)41(5)14-13-40(3)4/h6-12,15-18H,13-14H2,1-5H3,(H,35,38)(H,39,42)(H,34,36,37). The minimum absolute atomic E-state index is 0.0716. The number of likely N-dealkylation sites (N-methyl/N-ethyl adjacent to an activating group) is 2. The molecule has 1 amide bonds. The fraction of sp³-hybridized carbons (Fsp3) is 0.267. The van der Waals surface area contributed by atoms with Crippen molar-refractivity contribution >= 4 is 34.6 Å². The van der Waals surface area contributed by atoms with Gasteiger partial charge in [0.15, 0.2) is 0 Å². The molecule has 0 fully saturated rings. The van der Waals surface area contributed by atoms with Gasteiger partial charge in [-0.05, 0) is 69.0 Å². The highest BCUT2D eigenvalue weighted by Crippen LogP contribution is 2.36. The number of carbonyl (C=O) groups excluding carboxylic acids is 1. The Morgan fingerprint density at radius 1 is 0.929 bits per heavy atom. The Labute approximate surface area is 242 Å². The van der Waals surface area contributed by atoms with E-state index in [4.69, 9.17) is 0 Å². The van der Waals surface area contributed by atoms with Crippen LogP contribution in [0.5, 0.6) is 0 Å². The third-order valence-electron chi connectivity index (χ3n) is 6.63. The number of nitrogens with zero attached hydrogens (tertiary/aromatic N) is 5. The number of hydrogen-bond acceptors (Lipinski definition) is 8. The normalized spacial score (nSPS) is 11.4. The van der Waals surface area contributed by atoms with E-state index in [-0.39, 0.29) is 11.3 Å². The summed E-state index contributed by atoms with van der Waals surface area (Å²) in [4.78, 5) is 30.2. The molecule has 3 N–H and O–H groups in total. The fourth-order valence-electron chi connectivity index (χ4n) is 4.19. The minimum atomic E-state index is -4.56. The number of pyridine rings is 1. The number of halogens is 3. The van der Waals surface area contributed by atoms with Gasteiger partial charge in [0.05, 0.1) is 22.6 Å². The van der Waals surface area contributed by atoms with Crippen molar-refractivity contribution in [2.45, 2.75) is 13.1 Å². The zero-order chi connectivity index (χ0) is 30.4. The topological polar surface area (TPSA) is 98.3 Å². The van der Waals surface area contributed by atoms with E-state index in [0.29, 0.717) is 41.8 Å². The number of aryl methyl sites for hydroxylation is 1. The number of amides is 1. The van der Waals surface area contributed by atoms with Crippen LogP contribution in [-0.2, 0) is 6.18 Å². The molecule has 2 aromatic heterocycles. The Kier molecular flexibility index (Phi) is 9.26. The highest BCUT2D eigenvalue weighted by Gasteiger charge is 2.31. The molecule has 0 unspecified atom stereocenters. The number of carbonyl (C=O) groups is 1. The summed E-state index contributed by atoms with van der Waals surface area (Å²) >= 11 is 0. The maximum Gasteiger partial charge on any atom is 0.416 e. The van der Waals surface area contributed by atoms with Crippen LogP contribution in [0.1, 0.15) is 21.5 Å². The molecule has 0 aliphatic heterocycles. The molecule has 4 aromatic rings. The zero-order valence-corrected chi connectivity index (χ0v) is 24.0. The number of anilines is 5. The molecule has 0 aliphatic rings. The lowest BCUT2D eigenvalue weighted by Crippen LogP contribution is -2.29. The molecular formula is C30H33F3N8O. The monoisotopic (exact) mass is 578 g/mol. The van der Waals surface area contributed by atoms with E-state index in [2.05, 4.69) is 30.9 Å². The molecule has 0 atom stereocenters. The molecule has 220 valence electrons. The lowest BCUT2D eigenvalue weighted by Gasteiger charge is -2.25. The Hall–Kier alpha value is -4.71. The Morgan fingerprint density at radius 2 is 1.71 bits per heavy atom. The number of rotatable bonds is 10. The molecule has 0 saturated carbocycles. The fourth-order valence-corrected chi connectivity index (χ4v) is 4.19. The SMILES string of the molecule is CNc1cc(-c2cccnc2Nc2cc(C(=O)Nc3cc(C(F)(F)F)ccc3N(C)CCN(C)C)ccc2C)ncn1. The Morgan fingerprint density at radius 3 is 2.43 bits per heavy atom. The van der Waals surface area contributed by atoms with Crippen molar-refractivity contribution in [3.05, 3.63) is 83.8 Å². The van der Waals surface area contributed by atoms with Crippen LogP contribution in [0.3, 0.4) is 0 Å². The Balaban J connectivity index is 1.64. The van der Waals surface area contributed by atoms with E-state index in [1.165, 1.54) is 12.4 Å². The van der Waals surface area contributed by atoms with Gasteiger partial charge in [-0.25, -0.2) is 15.0 Å². The van der Waals surface area contributed by atoms with Crippen molar-refractivity contribution < 1.29 is 18.0 Å². The molecule has 0 bridgehead atoms. The molecule has 0 saturated heterocycles. The summed E-state index contributed by atoms with van der Waals surface area (Å²) in [5, 5.41) is 8.98. The van der Waals surface area contributed by atoms with Gasteiger partial charge in [0.1, 0.15) is 18.0 Å². The molecule has 4 rings (SSSR count). The summed E-state index contributed by atoms with van der Waals surface area (Å²) in [5.74, 6) is 0.614. The van der Waals surface area contributed by atoms with Crippen LogP contribution in [0.2, 0.25) is 0 Å². The van der Waals surface area contributed by atoms with Crippen LogP contribution in [0.4, 0.5) is 41.9 Å². The van der Waals surface area contributed by atoms with Crippen LogP contribution in [-0.4, -0.2) is 67.0 Å². The van der Waals surface area contributed by atoms with Crippen LogP contribution >= 0.6 is 0 Å². The number of nitrogens with one attached hydrogen (secondary N) is 3. The second kappa shape index (κ2) is 12.9. The lowest BCUT2D eigenvalue weighted by molar-refractivity contribution is -0.137. The first-order valence-corrected chi connectivity index (χ1v) is 13.2. The van der Waals surface area contributed by atoms with Crippen molar-refractivity contribution in [3.63, 3.8) is 0 Å². The van der Waals surface area contributed by atoms with Crippen LogP contribution < -0.4 is 20.9 Å². The molecule has 9 nitrogen and oxygen atoms in total. The molecule has 2 aromatic carbocycles. The third-order valence-corrected chi connectivity index (χ3v) is 6.63. The predicted molar refractivity (Wildman–Crippen MR) is 160 cm³/mol. The number of alkyl halides is 3. The maximum absolute atomic E-state index is 13.6. The molecule has 0 spiro atoms. The van der Waals surface area contributed by atoms with Gasteiger partial charge < -0.3 is 25.8 Å². The van der Waals surface area contributed by atoms with E-state index in [9.17, 15) is 18.0 Å². The predicted octanol–water partition coefficient (Wildman–Crippen LogP) is 5.90. The minimum Gasteiger partial charge on any atom is -0.373 e. The number of hydrogen-bond donors (Lipinski definition) is 3. The van der Waals surface area contributed by atoms with E-state index in [0.717, 1.165) is 23.3 Å². The summed E-state index contributed by atoms with van der Waals surface area (Å²) in [6.07, 6.45) is -1.47. The molecule has 12 heteroatoms. The van der Waals surface area contributed by atoms with Gasteiger partial charge in [0.25, 0.3) is 5.91 Å². The highest BCUT2D eigenvalue weighted by molar-refractivity contribution is 6.06. The van der Waals surface area contributed by atoms with Gasteiger partial charge in [0, 0.05) is 56.3 Å². The lowest BCUT2D eigenvalue weighted by atomic mass is 10.1. The van der Waals surface area contributed by atoms with Gasteiger partial charge in [-0.3, -0.25) is 4.79 Å². The number of aromatic nitrogens is 3. The van der Waals surface area contributed by atoms with Crippen molar-refractivity contribution in [3.8, 4) is 11.3 Å². The smallest absolute Gasteiger partial charge is 0.373 e. The third kappa shape index (κ3) is 7.32. The van der Waals surface area contributed by atoms with Gasteiger partial charge in [-0.2, -0.15) is 13.2 Å². The van der Waals surface area contributed by atoms with E-state index >= 15 is 0 Å². The molecule has 0 aliphatic carbocycles. The van der Waals surface area contributed by atoms with E-state index in [1.54, 1.807) is 50.6 Å². The quantitative estimate of drug-likeness (QED) is 0.214. The number of benzene rings is 2. The van der Waals surface area contributed by atoms with E-state index in [1.807, 2.05) is 36.9 Å². The summed E-state index contributed by atoms with van der Waals surface area (Å²) in [6.45, 7) is 3.11. The van der Waals surface area contributed by atoms with Crippen molar-refractivity contribution in [2.24, 2.45) is 0 Å². The molecular weight excluding hydrogens is 545 g/mol. The molecule has 42 heavy (non-hydrogen) atoms. The van der Waals surface area contributed by atoms with Crippen molar-refractivity contribution in [1.82, 2.24) is 19.9 Å². The average molecular weight is 579 g/mol. The second-order valence-electron chi connectivity index (χ2n) is 10.0. The zero-order valence-electron chi connectivity index (χ0n) is 24.0. The highest BCUT2D eigenvalue weighted by atomic mass is 19.4. The molecule has 0 radical (unpaired) electrons. The van der Waals surface area contributed by atoms with Crippen LogP contribution in [0, 0.1) is 6.92 Å². The largest absolute Gasteiger partial charge is 0.416 e. The summed E-state index contributed by atoms with van der Waals surface area (Å²) in [6, 6.07) is 13.9. The summed E-state index contributed by atoms with van der Waals surface area (Å²) in [7, 11) is 7.36. The van der Waals surface area contributed by atoms with Crippen LogP contribution in [0.25, 0.3) is 11.3 Å². The van der Waals surface area contributed by atoms with Crippen LogP contribution in [0.15, 0.2) is 67.1 Å². The Bertz CT molecular complexity index is 1560. The van der Waals surface area contributed by atoms with Gasteiger partial charge in [-0.1, -0.05) is 6.07 Å². The van der Waals surface area contributed by atoms with Gasteiger partial charge in [0.2, 0.25) is 0 Å². The van der Waals surface area contributed by atoms with Gasteiger partial charge >= 0.3 is 6.18 Å². The van der Waals surface area contributed by atoms with Crippen molar-refractivity contribution in [1.29, 1.82) is 0 Å².